The summed E-state index contributed by atoms with van der Waals surface area (Å²) in [6.45, 7) is 1.17. The van der Waals surface area contributed by atoms with Crippen molar-refractivity contribution < 1.29 is 13.7 Å². The number of halogens is 3. The van der Waals surface area contributed by atoms with Gasteiger partial charge in [-0.05, 0) is 42.7 Å². The minimum Gasteiger partial charge on any atom is -0.342 e. The molecule has 0 bridgehead atoms. The lowest BCUT2D eigenvalue weighted by molar-refractivity contribution is -0.131. The summed E-state index contributed by atoms with van der Waals surface area (Å²) >= 11 is 12.1. The molecule has 1 amide bonds. The predicted molar refractivity (Wildman–Crippen MR) is 108 cm³/mol. The van der Waals surface area contributed by atoms with Gasteiger partial charge in [-0.3, -0.25) is 4.79 Å². The third-order valence-electron chi connectivity index (χ3n) is 5.00. The van der Waals surface area contributed by atoms with Crippen molar-refractivity contribution in [3.05, 3.63) is 69.8 Å². The Morgan fingerprint density at radius 2 is 2.10 bits per heavy atom. The molecule has 0 radical (unpaired) electrons. The molecule has 4 rings (SSSR count). The Labute approximate surface area is 177 Å². The lowest BCUT2D eigenvalue weighted by Gasteiger charge is -2.31. The number of carbonyl (C=O) groups is 1. The van der Waals surface area contributed by atoms with Crippen LogP contribution in [0.3, 0.4) is 0 Å². The van der Waals surface area contributed by atoms with Crippen molar-refractivity contribution in [3.63, 3.8) is 0 Å². The van der Waals surface area contributed by atoms with Crippen LogP contribution in [0.4, 0.5) is 4.39 Å². The fourth-order valence-corrected chi connectivity index (χ4v) is 3.97. The first-order valence-corrected chi connectivity index (χ1v) is 10.1. The first kappa shape index (κ1) is 19.9. The molecule has 150 valence electrons. The van der Waals surface area contributed by atoms with E-state index >= 15 is 0 Å². The SMILES string of the molecule is O=C(Cc1ccc(Cl)cc1Cl)N1CCCC(c2nc(-c3cccc(F)c3)no2)C1. The van der Waals surface area contributed by atoms with Crippen LogP contribution in [0.25, 0.3) is 11.4 Å². The van der Waals surface area contributed by atoms with Crippen molar-refractivity contribution >= 4 is 29.1 Å². The summed E-state index contributed by atoms with van der Waals surface area (Å²) in [5.41, 5.74) is 1.30. The van der Waals surface area contributed by atoms with Crippen molar-refractivity contribution in [2.45, 2.75) is 25.2 Å². The smallest absolute Gasteiger partial charge is 0.231 e. The maximum atomic E-state index is 13.4. The largest absolute Gasteiger partial charge is 0.342 e. The van der Waals surface area contributed by atoms with E-state index in [9.17, 15) is 9.18 Å². The highest BCUT2D eigenvalue weighted by Gasteiger charge is 2.29. The molecule has 1 fully saturated rings. The third-order valence-corrected chi connectivity index (χ3v) is 5.59. The maximum Gasteiger partial charge on any atom is 0.231 e. The van der Waals surface area contributed by atoms with Crippen molar-refractivity contribution in [3.8, 4) is 11.4 Å². The second-order valence-electron chi connectivity index (χ2n) is 7.06. The standard InChI is InChI=1S/C21H18Cl2FN3O2/c22-16-7-6-13(18(23)11-16)10-19(28)27-8-2-4-15(12-27)21-25-20(26-29-21)14-3-1-5-17(24)9-14/h1,3,5-7,9,11,15H,2,4,8,10,12H2. The van der Waals surface area contributed by atoms with Gasteiger partial charge in [-0.15, -0.1) is 0 Å². The van der Waals surface area contributed by atoms with Gasteiger partial charge in [0.05, 0.1) is 12.3 Å². The average Bonchev–Trinajstić information content (AvgIpc) is 3.20. The maximum absolute atomic E-state index is 13.4. The lowest BCUT2D eigenvalue weighted by atomic mass is 9.97. The monoisotopic (exact) mass is 433 g/mol. The van der Waals surface area contributed by atoms with E-state index in [-0.39, 0.29) is 24.1 Å². The number of carbonyl (C=O) groups excluding carboxylic acids is 1. The van der Waals surface area contributed by atoms with E-state index in [0.717, 1.165) is 18.4 Å². The molecule has 5 nitrogen and oxygen atoms in total. The van der Waals surface area contributed by atoms with Crippen LogP contribution in [0.2, 0.25) is 10.0 Å². The topological polar surface area (TPSA) is 59.2 Å². The quantitative estimate of drug-likeness (QED) is 0.571. The average molecular weight is 434 g/mol. The molecule has 0 aliphatic carbocycles. The zero-order valence-electron chi connectivity index (χ0n) is 15.4. The number of rotatable bonds is 4. The lowest BCUT2D eigenvalue weighted by Crippen LogP contribution is -2.40. The molecule has 3 aromatic rings. The highest BCUT2D eigenvalue weighted by molar-refractivity contribution is 6.35. The van der Waals surface area contributed by atoms with E-state index < -0.39 is 0 Å². The molecule has 0 N–H and O–H groups in total. The van der Waals surface area contributed by atoms with Crippen LogP contribution in [0.15, 0.2) is 47.0 Å². The summed E-state index contributed by atoms with van der Waals surface area (Å²) < 4.78 is 18.9. The van der Waals surface area contributed by atoms with Gasteiger partial charge in [-0.2, -0.15) is 4.98 Å². The highest BCUT2D eigenvalue weighted by Crippen LogP contribution is 2.29. The van der Waals surface area contributed by atoms with Gasteiger partial charge < -0.3 is 9.42 Å². The minimum atomic E-state index is -0.357. The molecular formula is C21H18Cl2FN3O2. The predicted octanol–water partition coefficient (Wildman–Crippen LogP) is 5.13. The van der Waals surface area contributed by atoms with E-state index in [2.05, 4.69) is 10.1 Å². The van der Waals surface area contributed by atoms with Crippen LogP contribution < -0.4 is 0 Å². The Morgan fingerprint density at radius 3 is 2.90 bits per heavy atom. The molecule has 1 unspecified atom stereocenters. The number of nitrogens with zero attached hydrogens (tertiary/aromatic N) is 3. The number of hydrogen-bond donors (Lipinski definition) is 0. The molecule has 8 heteroatoms. The summed E-state index contributed by atoms with van der Waals surface area (Å²) in [5, 5.41) is 4.99. The Morgan fingerprint density at radius 1 is 1.24 bits per heavy atom. The molecule has 0 saturated carbocycles. The summed E-state index contributed by atoms with van der Waals surface area (Å²) in [5.74, 6) is 0.387. The number of hydrogen-bond acceptors (Lipinski definition) is 4. The zero-order chi connectivity index (χ0) is 20.4. The van der Waals surface area contributed by atoms with Crippen LogP contribution in [-0.4, -0.2) is 34.0 Å². The fourth-order valence-electron chi connectivity index (χ4n) is 3.49. The summed E-state index contributed by atoms with van der Waals surface area (Å²) in [4.78, 5) is 19.0. The second kappa shape index (κ2) is 8.51. The normalized spacial score (nSPS) is 16.8. The molecule has 2 aromatic carbocycles. The van der Waals surface area contributed by atoms with Crippen LogP contribution in [0.5, 0.6) is 0 Å². The Hall–Kier alpha value is -2.44. The Balaban J connectivity index is 1.45. The van der Waals surface area contributed by atoms with Crippen molar-refractivity contribution in [1.82, 2.24) is 15.0 Å². The van der Waals surface area contributed by atoms with Crippen molar-refractivity contribution in [2.75, 3.05) is 13.1 Å². The zero-order valence-corrected chi connectivity index (χ0v) is 17.0. The van der Waals surface area contributed by atoms with E-state index in [1.54, 1.807) is 35.2 Å². The number of amides is 1. The molecule has 29 heavy (non-hydrogen) atoms. The van der Waals surface area contributed by atoms with Gasteiger partial charge in [0, 0.05) is 28.7 Å². The molecule has 1 saturated heterocycles. The molecule has 1 aliphatic rings. The molecule has 2 heterocycles. The van der Waals surface area contributed by atoms with Gasteiger partial charge in [-0.1, -0.05) is 46.6 Å². The van der Waals surface area contributed by atoms with E-state index in [1.165, 1.54) is 12.1 Å². The van der Waals surface area contributed by atoms with Crippen molar-refractivity contribution in [1.29, 1.82) is 0 Å². The number of likely N-dealkylation sites (tertiary alicyclic amines) is 1. The first-order valence-electron chi connectivity index (χ1n) is 9.31. The van der Waals surface area contributed by atoms with Gasteiger partial charge in [0.1, 0.15) is 5.82 Å². The summed E-state index contributed by atoms with van der Waals surface area (Å²) in [7, 11) is 0. The van der Waals surface area contributed by atoms with Crippen LogP contribution >= 0.6 is 23.2 Å². The molecular weight excluding hydrogens is 416 g/mol. The van der Waals surface area contributed by atoms with Crippen molar-refractivity contribution in [2.24, 2.45) is 0 Å². The summed E-state index contributed by atoms with van der Waals surface area (Å²) in [6.07, 6.45) is 1.89. The van der Waals surface area contributed by atoms with Crippen LogP contribution in [0.1, 0.15) is 30.2 Å². The minimum absolute atomic E-state index is 0.0104. The van der Waals surface area contributed by atoms with Crippen LogP contribution in [0, 0.1) is 5.82 Å². The van der Waals surface area contributed by atoms with Gasteiger partial charge in [-0.25, -0.2) is 4.39 Å². The van der Waals surface area contributed by atoms with Crippen LogP contribution in [-0.2, 0) is 11.2 Å². The third kappa shape index (κ3) is 4.60. The summed E-state index contributed by atoms with van der Waals surface area (Å²) in [6, 6.07) is 11.2. The molecule has 1 aliphatic heterocycles. The van der Waals surface area contributed by atoms with Gasteiger partial charge in [0.25, 0.3) is 0 Å². The molecule has 0 spiro atoms. The van der Waals surface area contributed by atoms with Gasteiger partial charge >= 0.3 is 0 Å². The molecule has 1 atom stereocenters. The van der Waals surface area contributed by atoms with E-state index in [1.807, 2.05) is 0 Å². The second-order valence-corrected chi connectivity index (χ2v) is 7.90. The highest BCUT2D eigenvalue weighted by atomic mass is 35.5. The Bertz CT molecular complexity index is 1040. The number of aromatic nitrogens is 2. The Kier molecular flexibility index (Phi) is 5.83. The fraction of sp³-hybridized carbons (Fsp3) is 0.286. The molecule has 1 aromatic heterocycles. The van der Waals surface area contributed by atoms with E-state index in [0.29, 0.717) is 40.4 Å². The first-order chi connectivity index (χ1) is 14.0. The van der Waals surface area contributed by atoms with E-state index in [4.69, 9.17) is 27.7 Å². The van der Waals surface area contributed by atoms with Gasteiger partial charge in [0.15, 0.2) is 0 Å². The number of benzene rings is 2. The number of piperidine rings is 1. The van der Waals surface area contributed by atoms with Gasteiger partial charge in [0.2, 0.25) is 17.6 Å².